The summed E-state index contributed by atoms with van der Waals surface area (Å²) < 4.78 is 53.3. The van der Waals surface area contributed by atoms with E-state index in [1.54, 1.807) is 42.5 Å². The Morgan fingerprint density at radius 3 is 1.97 bits per heavy atom. The van der Waals surface area contributed by atoms with Gasteiger partial charge in [0, 0.05) is 13.1 Å². The molecular formula is C24H25NO4S2. The molecule has 1 aliphatic heterocycles. The monoisotopic (exact) mass is 455 g/mol. The molecule has 0 spiro atoms. The summed E-state index contributed by atoms with van der Waals surface area (Å²) in [5.41, 5.74) is 3.13. The Morgan fingerprint density at radius 2 is 1.35 bits per heavy atom. The highest BCUT2D eigenvalue weighted by Gasteiger charge is 2.35. The van der Waals surface area contributed by atoms with Crippen molar-refractivity contribution >= 4 is 19.9 Å². The molecule has 5 nitrogen and oxygen atoms in total. The second-order valence-corrected chi connectivity index (χ2v) is 12.0. The van der Waals surface area contributed by atoms with Crippen LogP contribution in [0, 0.1) is 6.92 Å². The predicted octanol–water partition coefficient (Wildman–Crippen LogP) is 4.29. The van der Waals surface area contributed by atoms with Gasteiger partial charge in [-0.3, -0.25) is 0 Å². The average Bonchev–Trinajstić information content (AvgIpc) is 2.80. The van der Waals surface area contributed by atoms with Crippen LogP contribution in [0.15, 0.2) is 88.7 Å². The zero-order valence-corrected chi connectivity index (χ0v) is 18.9. The number of piperidine rings is 1. The van der Waals surface area contributed by atoms with Crippen molar-refractivity contribution in [3.8, 4) is 11.1 Å². The van der Waals surface area contributed by atoms with Gasteiger partial charge in [0.2, 0.25) is 10.0 Å². The number of hydrogen-bond acceptors (Lipinski definition) is 4. The van der Waals surface area contributed by atoms with Gasteiger partial charge in [0.05, 0.1) is 15.0 Å². The van der Waals surface area contributed by atoms with Crippen LogP contribution in [-0.4, -0.2) is 39.5 Å². The summed E-state index contributed by atoms with van der Waals surface area (Å²) in [6.45, 7) is 2.40. The fourth-order valence-corrected chi connectivity index (χ4v) is 7.20. The summed E-state index contributed by atoms with van der Waals surface area (Å²) in [5, 5.41) is -0.565. The van der Waals surface area contributed by atoms with Gasteiger partial charge >= 0.3 is 0 Å². The molecule has 0 amide bonds. The van der Waals surface area contributed by atoms with Gasteiger partial charge < -0.3 is 0 Å². The first-order valence-electron chi connectivity index (χ1n) is 10.2. The summed E-state index contributed by atoms with van der Waals surface area (Å²) in [6, 6.07) is 23.3. The quantitative estimate of drug-likeness (QED) is 0.575. The van der Waals surface area contributed by atoms with Gasteiger partial charge in [-0.05, 0) is 55.2 Å². The molecule has 0 radical (unpaired) electrons. The molecule has 1 fully saturated rings. The summed E-state index contributed by atoms with van der Waals surface area (Å²) in [5.74, 6) is 0. The molecule has 1 saturated heterocycles. The summed E-state index contributed by atoms with van der Waals surface area (Å²) >= 11 is 0. The second-order valence-electron chi connectivity index (χ2n) is 7.86. The Balaban J connectivity index is 1.48. The lowest BCUT2D eigenvalue weighted by Crippen LogP contribution is -2.42. The first-order chi connectivity index (χ1) is 14.8. The largest absolute Gasteiger partial charge is 0.243 e. The molecule has 0 bridgehead atoms. The summed E-state index contributed by atoms with van der Waals surface area (Å²) in [4.78, 5) is 0.524. The van der Waals surface area contributed by atoms with Gasteiger partial charge in [0.1, 0.15) is 0 Å². The number of aryl methyl sites for hydroxylation is 1. The highest BCUT2D eigenvalue weighted by Crippen LogP contribution is 2.29. The van der Waals surface area contributed by atoms with Crippen LogP contribution in [0.1, 0.15) is 18.4 Å². The fraction of sp³-hybridized carbons (Fsp3) is 0.250. The van der Waals surface area contributed by atoms with E-state index < -0.39 is 25.1 Å². The Morgan fingerprint density at radius 1 is 0.710 bits per heavy atom. The maximum Gasteiger partial charge on any atom is 0.243 e. The molecule has 0 aromatic heterocycles. The van der Waals surface area contributed by atoms with Crippen molar-refractivity contribution in [3.63, 3.8) is 0 Å². The minimum Gasteiger partial charge on any atom is -0.223 e. The number of hydrogen-bond donors (Lipinski definition) is 0. The Hall–Kier alpha value is -2.48. The van der Waals surface area contributed by atoms with E-state index in [1.165, 1.54) is 4.31 Å². The van der Waals surface area contributed by atoms with E-state index in [9.17, 15) is 16.8 Å². The fourth-order valence-electron chi connectivity index (χ4n) is 3.98. The lowest BCUT2D eigenvalue weighted by Gasteiger charge is -2.31. The molecule has 0 N–H and O–H groups in total. The van der Waals surface area contributed by atoms with Crippen molar-refractivity contribution in [1.82, 2.24) is 4.31 Å². The third kappa shape index (κ3) is 4.44. The van der Waals surface area contributed by atoms with Gasteiger partial charge in [0.25, 0.3) is 0 Å². The van der Waals surface area contributed by atoms with E-state index in [-0.39, 0.29) is 30.8 Å². The van der Waals surface area contributed by atoms with E-state index >= 15 is 0 Å². The highest BCUT2D eigenvalue weighted by atomic mass is 32.2. The molecule has 1 heterocycles. The maximum absolute atomic E-state index is 13.1. The Bertz CT molecular complexity index is 1260. The standard InChI is InChI=1S/C24H25NO4S2/c1-19-6-5-7-21(18-19)20-10-12-24(13-11-20)31(28,29)25-16-14-23(15-17-25)30(26,27)22-8-3-2-4-9-22/h2-13,18,23H,14-17H2,1H3. The van der Waals surface area contributed by atoms with Crippen molar-refractivity contribution in [2.45, 2.75) is 34.8 Å². The number of sulfone groups is 1. The summed E-state index contributed by atoms with van der Waals surface area (Å²) in [6.07, 6.45) is 0.579. The lowest BCUT2D eigenvalue weighted by molar-refractivity contribution is 0.345. The lowest BCUT2D eigenvalue weighted by atomic mass is 10.0. The van der Waals surface area contributed by atoms with Gasteiger partial charge in [-0.25, -0.2) is 16.8 Å². The van der Waals surface area contributed by atoms with Crippen molar-refractivity contribution < 1.29 is 16.8 Å². The van der Waals surface area contributed by atoms with Crippen LogP contribution < -0.4 is 0 Å². The van der Waals surface area contributed by atoms with Gasteiger partial charge in [-0.1, -0.05) is 60.2 Å². The van der Waals surface area contributed by atoms with Crippen molar-refractivity contribution in [3.05, 3.63) is 84.4 Å². The van der Waals surface area contributed by atoms with Crippen LogP contribution in [0.5, 0.6) is 0 Å². The van der Waals surface area contributed by atoms with Gasteiger partial charge in [-0.2, -0.15) is 4.31 Å². The molecule has 0 unspecified atom stereocenters. The Labute approximate surface area is 184 Å². The van der Waals surface area contributed by atoms with E-state index in [4.69, 9.17) is 0 Å². The SMILES string of the molecule is Cc1cccc(-c2ccc(S(=O)(=O)N3CCC(S(=O)(=O)c4ccccc4)CC3)cc2)c1. The molecule has 162 valence electrons. The first kappa shape index (κ1) is 21.7. The first-order valence-corrected chi connectivity index (χ1v) is 13.2. The molecule has 0 saturated carbocycles. The number of benzene rings is 3. The van der Waals surface area contributed by atoms with Gasteiger partial charge in [0.15, 0.2) is 9.84 Å². The number of sulfonamides is 1. The van der Waals surface area contributed by atoms with Crippen LogP contribution >= 0.6 is 0 Å². The van der Waals surface area contributed by atoms with E-state index in [2.05, 4.69) is 6.07 Å². The number of rotatable bonds is 5. The molecule has 0 aliphatic carbocycles. The zero-order chi connectivity index (χ0) is 22.1. The molecule has 1 aliphatic rings. The van der Waals surface area contributed by atoms with E-state index in [0.717, 1.165) is 16.7 Å². The topological polar surface area (TPSA) is 71.5 Å². The molecule has 0 atom stereocenters. The van der Waals surface area contributed by atoms with Crippen LogP contribution in [0.25, 0.3) is 11.1 Å². The second kappa shape index (κ2) is 8.57. The molecular weight excluding hydrogens is 430 g/mol. The smallest absolute Gasteiger partial charge is 0.223 e. The van der Waals surface area contributed by atoms with Gasteiger partial charge in [-0.15, -0.1) is 0 Å². The van der Waals surface area contributed by atoms with Crippen LogP contribution in [-0.2, 0) is 19.9 Å². The van der Waals surface area contributed by atoms with E-state index in [1.807, 2.05) is 37.3 Å². The average molecular weight is 456 g/mol. The summed E-state index contributed by atoms with van der Waals surface area (Å²) in [7, 11) is -7.12. The molecule has 31 heavy (non-hydrogen) atoms. The molecule has 7 heteroatoms. The molecule has 3 aromatic carbocycles. The minimum atomic E-state index is -3.66. The van der Waals surface area contributed by atoms with Crippen LogP contribution in [0.2, 0.25) is 0 Å². The van der Waals surface area contributed by atoms with Crippen molar-refractivity contribution in [1.29, 1.82) is 0 Å². The Kier molecular flexibility index (Phi) is 6.01. The highest BCUT2D eigenvalue weighted by molar-refractivity contribution is 7.92. The van der Waals surface area contributed by atoms with Crippen LogP contribution in [0.4, 0.5) is 0 Å². The number of nitrogens with zero attached hydrogens (tertiary/aromatic N) is 1. The molecule has 3 aromatic rings. The zero-order valence-electron chi connectivity index (χ0n) is 17.3. The normalized spacial score (nSPS) is 16.3. The van der Waals surface area contributed by atoms with Crippen molar-refractivity contribution in [2.75, 3.05) is 13.1 Å². The third-order valence-electron chi connectivity index (χ3n) is 5.76. The predicted molar refractivity (Wildman–Crippen MR) is 122 cm³/mol. The molecule has 4 rings (SSSR count). The minimum absolute atomic E-state index is 0.193. The van der Waals surface area contributed by atoms with Crippen molar-refractivity contribution in [2.24, 2.45) is 0 Å². The third-order valence-corrected chi connectivity index (χ3v) is 9.95. The van der Waals surface area contributed by atoms with Crippen LogP contribution in [0.3, 0.4) is 0 Å². The van der Waals surface area contributed by atoms with E-state index in [0.29, 0.717) is 4.90 Å². The maximum atomic E-state index is 13.1.